The van der Waals surface area contributed by atoms with Gasteiger partial charge in [-0.1, -0.05) is 39.8 Å². The molecule has 6 heteroatoms. The van der Waals surface area contributed by atoms with E-state index >= 15 is 0 Å². The molecule has 0 aliphatic carbocycles. The molecule has 0 amide bonds. The maximum Gasteiger partial charge on any atom is 0.341 e. The standard InChI is InChI=1S/C26H37NO4.ClH/c1-7-18(3)22-15-20(9-11-24(22)30-14-13-27(5)6)21-10-12-25(31-17-26(28)29)23(16-21)19(4)8-2;/h9-12,15-16,18-19H,7-8,13-14,17H2,1-6H3,(H,28,29);1H. The Morgan fingerprint density at radius 2 is 1.38 bits per heavy atom. The molecule has 5 nitrogen and oxygen atoms in total. The van der Waals surface area contributed by atoms with Gasteiger partial charge in [-0.3, -0.25) is 0 Å². The van der Waals surface area contributed by atoms with Gasteiger partial charge in [0, 0.05) is 6.54 Å². The van der Waals surface area contributed by atoms with Gasteiger partial charge < -0.3 is 19.5 Å². The molecule has 2 rings (SSSR count). The number of rotatable bonds is 12. The first-order valence-corrected chi connectivity index (χ1v) is 11.2. The number of aliphatic carboxylic acids is 1. The van der Waals surface area contributed by atoms with Gasteiger partial charge in [0.25, 0.3) is 0 Å². The van der Waals surface area contributed by atoms with Crippen LogP contribution in [0.3, 0.4) is 0 Å². The van der Waals surface area contributed by atoms with Crippen molar-refractivity contribution < 1.29 is 19.4 Å². The van der Waals surface area contributed by atoms with Gasteiger partial charge in [0.05, 0.1) is 0 Å². The molecule has 1 N–H and O–H groups in total. The van der Waals surface area contributed by atoms with Crippen LogP contribution in [0.25, 0.3) is 11.1 Å². The number of hydrogen-bond acceptors (Lipinski definition) is 4. The zero-order valence-corrected chi connectivity index (χ0v) is 21.0. The molecule has 0 aliphatic heterocycles. The molecule has 0 fully saturated rings. The van der Waals surface area contributed by atoms with Crippen LogP contribution in [0.1, 0.15) is 63.5 Å². The normalized spacial score (nSPS) is 12.7. The van der Waals surface area contributed by atoms with Crippen LogP contribution in [0.15, 0.2) is 36.4 Å². The molecule has 0 saturated heterocycles. The molecule has 0 spiro atoms. The molecule has 2 aromatic rings. The number of likely N-dealkylation sites (N-methyl/N-ethyl adjacent to an activating group) is 1. The Bertz CT molecular complexity index is 869. The van der Waals surface area contributed by atoms with Crippen LogP contribution >= 0.6 is 12.4 Å². The van der Waals surface area contributed by atoms with Crippen molar-refractivity contribution in [1.29, 1.82) is 0 Å². The molecular formula is C26H38ClNO4. The van der Waals surface area contributed by atoms with Crippen molar-refractivity contribution >= 4 is 18.4 Å². The second-order valence-corrected chi connectivity index (χ2v) is 8.46. The van der Waals surface area contributed by atoms with Crippen LogP contribution in [-0.4, -0.2) is 49.8 Å². The number of nitrogens with zero attached hydrogens (tertiary/aromatic N) is 1. The lowest BCUT2D eigenvalue weighted by Crippen LogP contribution is -2.19. The van der Waals surface area contributed by atoms with Crippen molar-refractivity contribution in [3.63, 3.8) is 0 Å². The molecule has 32 heavy (non-hydrogen) atoms. The van der Waals surface area contributed by atoms with E-state index in [4.69, 9.17) is 14.6 Å². The van der Waals surface area contributed by atoms with Crippen LogP contribution in [0.2, 0.25) is 0 Å². The predicted octanol–water partition coefficient (Wildman–Crippen LogP) is 6.21. The van der Waals surface area contributed by atoms with Gasteiger partial charge in [0.1, 0.15) is 18.1 Å². The van der Waals surface area contributed by atoms with E-state index in [1.165, 1.54) is 5.56 Å². The summed E-state index contributed by atoms with van der Waals surface area (Å²) in [5.41, 5.74) is 4.49. The van der Waals surface area contributed by atoms with Crippen molar-refractivity contribution in [2.45, 2.75) is 52.4 Å². The molecule has 2 unspecified atom stereocenters. The number of carboxylic acids is 1. The van der Waals surface area contributed by atoms with Crippen LogP contribution < -0.4 is 9.47 Å². The summed E-state index contributed by atoms with van der Waals surface area (Å²) in [6.45, 7) is 9.88. The van der Waals surface area contributed by atoms with E-state index < -0.39 is 5.97 Å². The van der Waals surface area contributed by atoms with Crippen molar-refractivity contribution in [2.24, 2.45) is 0 Å². The lowest BCUT2D eigenvalue weighted by atomic mass is 9.91. The first-order valence-electron chi connectivity index (χ1n) is 11.2. The minimum atomic E-state index is -0.970. The van der Waals surface area contributed by atoms with E-state index in [1.54, 1.807) is 0 Å². The van der Waals surface area contributed by atoms with Crippen molar-refractivity contribution in [1.82, 2.24) is 4.90 Å². The summed E-state index contributed by atoms with van der Waals surface area (Å²) in [5.74, 6) is 1.28. The number of carbonyl (C=O) groups is 1. The smallest absolute Gasteiger partial charge is 0.341 e. The fraction of sp³-hybridized carbons (Fsp3) is 0.500. The summed E-state index contributed by atoms with van der Waals surface area (Å²) < 4.78 is 11.6. The highest BCUT2D eigenvalue weighted by Gasteiger charge is 2.16. The van der Waals surface area contributed by atoms with E-state index in [1.807, 2.05) is 26.2 Å². The molecule has 2 atom stereocenters. The summed E-state index contributed by atoms with van der Waals surface area (Å²) >= 11 is 0. The Labute approximate surface area is 199 Å². The topological polar surface area (TPSA) is 59.0 Å². The number of ether oxygens (including phenoxy) is 2. The van der Waals surface area contributed by atoms with Gasteiger partial charge in [-0.25, -0.2) is 4.79 Å². The molecule has 0 aliphatic rings. The Balaban J connectivity index is 0.00000512. The monoisotopic (exact) mass is 463 g/mol. The quantitative estimate of drug-likeness (QED) is 0.405. The van der Waals surface area contributed by atoms with E-state index in [-0.39, 0.29) is 24.9 Å². The van der Waals surface area contributed by atoms with E-state index in [0.29, 0.717) is 18.3 Å². The highest BCUT2D eigenvalue weighted by atomic mass is 35.5. The number of halogens is 1. The van der Waals surface area contributed by atoms with Crippen molar-refractivity contribution in [3.05, 3.63) is 47.5 Å². The highest BCUT2D eigenvalue weighted by Crippen LogP contribution is 2.37. The maximum atomic E-state index is 10.9. The Morgan fingerprint density at radius 1 is 0.906 bits per heavy atom. The second-order valence-electron chi connectivity index (χ2n) is 8.46. The van der Waals surface area contributed by atoms with Gasteiger partial charge in [0.2, 0.25) is 0 Å². The summed E-state index contributed by atoms with van der Waals surface area (Å²) in [4.78, 5) is 13.1. The molecule has 178 valence electrons. The largest absolute Gasteiger partial charge is 0.492 e. The number of carboxylic acid groups (broad SMARTS) is 1. The van der Waals surface area contributed by atoms with Crippen molar-refractivity contribution in [3.8, 4) is 22.6 Å². The lowest BCUT2D eigenvalue weighted by Gasteiger charge is -2.20. The first kappa shape index (κ1) is 27.8. The van der Waals surface area contributed by atoms with Gasteiger partial charge in [-0.2, -0.15) is 0 Å². The molecule has 0 bridgehead atoms. The molecule has 0 saturated carbocycles. The number of hydrogen-bond donors (Lipinski definition) is 1. The second kappa shape index (κ2) is 13.3. The van der Waals surface area contributed by atoms with Crippen LogP contribution in [-0.2, 0) is 4.79 Å². The summed E-state index contributed by atoms with van der Waals surface area (Å²) in [5, 5.41) is 8.98. The van der Waals surface area contributed by atoms with Gasteiger partial charge in [-0.15, -0.1) is 12.4 Å². The summed E-state index contributed by atoms with van der Waals surface area (Å²) in [7, 11) is 4.08. The SMILES string of the molecule is CCC(C)c1cc(-c2ccc(OCC(=O)O)c(C(C)CC)c2)ccc1OCCN(C)C.Cl. The van der Waals surface area contributed by atoms with E-state index in [9.17, 15) is 4.79 Å². The average Bonchev–Trinajstić information content (AvgIpc) is 2.76. The molecule has 2 aromatic carbocycles. The Hall–Kier alpha value is -2.24. The predicted molar refractivity (Wildman–Crippen MR) is 134 cm³/mol. The Kier molecular flexibility index (Phi) is 11.6. The average molecular weight is 464 g/mol. The summed E-state index contributed by atoms with van der Waals surface area (Å²) in [6.07, 6.45) is 1.98. The van der Waals surface area contributed by atoms with Crippen LogP contribution in [0.4, 0.5) is 0 Å². The lowest BCUT2D eigenvalue weighted by molar-refractivity contribution is -0.139. The van der Waals surface area contributed by atoms with E-state index in [0.717, 1.165) is 41.8 Å². The molecule has 0 aromatic heterocycles. The molecule has 0 radical (unpaired) electrons. The van der Waals surface area contributed by atoms with Gasteiger partial charge in [-0.05, 0) is 85.3 Å². The van der Waals surface area contributed by atoms with Crippen LogP contribution in [0.5, 0.6) is 11.5 Å². The maximum absolute atomic E-state index is 10.9. The molecule has 0 heterocycles. The van der Waals surface area contributed by atoms with Gasteiger partial charge >= 0.3 is 5.97 Å². The third-order valence-electron chi connectivity index (χ3n) is 5.79. The fourth-order valence-corrected chi connectivity index (χ4v) is 3.41. The Morgan fingerprint density at radius 3 is 1.78 bits per heavy atom. The van der Waals surface area contributed by atoms with Crippen molar-refractivity contribution in [2.75, 3.05) is 33.9 Å². The van der Waals surface area contributed by atoms with Gasteiger partial charge in [0.15, 0.2) is 6.61 Å². The minimum Gasteiger partial charge on any atom is -0.492 e. The molecular weight excluding hydrogens is 426 g/mol. The highest BCUT2D eigenvalue weighted by molar-refractivity contribution is 5.85. The third-order valence-corrected chi connectivity index (χ3v) is 5.79. The number of benzene rings is 2. The first-order chi connectivity index (χ1) is 14.8. The zero-order valence-electron chi connectivity index (χ0n) is 20.2. The summed E-state index contributed by atoms with van der Waals surface area (Å²) in [6, 6.07) is 12.4. The van der Waals surface area contributed by atoms with E-state index in [2.05, 4.69) is 56.9 Å². The van der Waals surface area contributed by atoms with Crippen LogP contribution in [0, 0.1) is 0 Å². The fourth-order valence-electron chi connectivity index (χ4n) is 3.41. The zero-order chi connectivity index (χ0) is 23.0. The minimum absolute atomic E-state index is 0. The third kappa shape index (κ3) is 7.72.